The number of aryl methyl sites for hydroxylation is 2. The highest BCUT2D eigenvalue weighted by atomic mass is 19.4. The van der Waals surface area contributed by atoms with Crippen molar-refractivity contribution in [3.63, 3.8) is 0 Å². The number of nitrogens with two attached hydrogens (primary N) is 1. The van der Waals surface area contributed by atoms with Gasteiger partial charge in [0.05, 0.1) is 7.11 Å². The summed E-state index contributed by atoms with van der Waals surface area (Å²) >= 11 is 0. The molecule has 0 aliphatic carbocycles. The minimum atomic E-state index is -4.55. The zero-order valence-corrected chi connectivity index (χ0v) is 19.7. The number of benzene rings is 2. The normalized spacial score (nSPS) is 16.5. The van der Waals surface area contributed by atoms with Crippen LogP contribution >= 0.6 is 0 Å². The number of carbonyl (C=O) groups is 1. The second-order valence-electron chi connectivity index (χ2n) is 8.29. The van der Waals surface area contributed by atoms with Gasteiger partial charge >= 0.3 is 6.18 Å². The van der Waals surface area contributed by atoms with E-state index in [0.717, 1.165) is 4.90 Å². The second-order valence-corrected chi connectivity index (χ2v) is 8.29. The molecule has 36 heavy (non-hydrogen) atoms. The van der Waals surface area contributed by atoms with Gasteiger partial charge in [-0.15, -0.1) is 0 Å². The highest BCUT2D eigenvalue weighted by Crippen LogP contribution is 2.30. The molecule has 2 aromatic carbocycles. The van der Waals surface area contributed by atoms with Crippen LogP contribution in [0.4, 0.5) is 18.9 Å². The van der Waals surface area contributed by atoms with Crippen molar-refractivity contribution in [3.8, 4) is 11.4 Å². The van der Waals surface area contributed by atoms with E-state index in [1.807, 2.05) is 0 Å². The molecule has 1 amide bonds. The van der Waals surface area contributed by atoms with Crippen molar-refractivity contribution < 1.29 is 28.0 Å². The van der Waals surface area contributed by atoms with Crippen LogP contribution in [0.5, 0.6) is 5.75 Å². The average molecular weight is 501 g/mol. The van der Waals surface area contributed by atoms with Crippen LogP contribution in [-0.2, 0) is 11.2 Å². The number of para-hydroxylation sites is 1. The van der Waals surface area contributed by atoms with Crippen LogP contribution in [0.2, 0.25) is 0 Å². The summed E-state index contributed by atoms with van der Waals surface area (Å²) in [7, 11) is 1.50. The standard InChI is InChI=1S/C24H24F3N7O2/c1-15-30-14-34(32-15)21-10-8-17(11-22(21)36-2)19(31-28)12-29-18-9-7-16-5-3-4-6-20(16)33(23(18)35)13-24(25,26)27/h3-6,8,10-12,14,18,28-29H,7,9,13H2,1-2H3/p+1/b19-12-,31-28?. The third kappa shape index (κ3) is 5.43. The van der Waals surface area contributed by atoms with E-state index in [1.54, 1.807) is 54.3 Å². The molecule has 0 spiro atoms. The molecule has 3 N–H and O–H groups in total. The first kappa shape index (κ1) is 25.0. The molecule has 0 saturated carbocycles. The maximum Gasteiger partial charge on any atom is 0.406 e. The lowest BCUT2D eigenvalue weighted by molar-refractivity contribution is -0.612. The highest BCUT2D eigenvalue weighted by molar-refractivity contribution is 5.97. The first-order valence-electron chi connectivity index (χ1n) is 11.2. The van der Waals surface area contributed by atoms with Crippen molar-refractivity contribution in [1.29, 1.82) is 5.53 Å². The third-order valence-electron chi connectivity index (χ3n) is 5.86. The Bertz CT molecular complexity index is 1300. The number of rotatable bonds is 7. The van der Waals surface area contributed by atoms with Crippen molar-refractivity contribution in [3.05, 3.63) is 71.9 Å². The van der Waals surface area contributed by atoms with E-state index in [1.165, 1.54) is 24.7 Å². The van der Waals surface area contributed by atoms with Gasteiger partial charge in [-0.3, -0.25) is 9.69 Å². The molecule has 2 heterocycles. The Hall–Kier alpha value is -4.06. The van der Waals surface area contributed by atoms with E-state index in [9.17, 15) is 18.0 Å². The molecule has 0 radical (unpaired) electrons. The number of hydrogen-bond acceptors (Lipinski definition) is 6. The molecule has 1 aliphatic rings. The van der Waals surface area contributed by atoms with Crippen molar-refractivity contribution >= 4 is 17.3 Å². The number of ether oxygens (including phenoxy) is 1. The number of carbonyl (C=O) groups excluding carboxylic acids is 1. The van der Waals surface area contributed by atoms with Gasteiger partial charge in [-0.1, -0.05) is 24.3 Å². The van der Waals surface area contributed by atoms with Crippen molar-refractivity contribution in [2.24, 2.45) is 5.11 Å². The van der Waals surface area contributed by atoms with Crippen LogP contribution in [-0.4, -0.2) is 46.5 Å². The molecule has 1 unspecified atom stereocenters. The molecule has 0 fully saturated rings. The number of alkyl halides is 3. The Morgan fingerprint density at radius 2 is 2.06 bits per heavy atom. The summed E-state index contributed by atoms with van der Waals surface area (Å²) in [5.74, 6) is 0.406. The first-order chi connectivity index (χ1) is 17.2. The van der Waals surface area contributed by atoms with E-state index in [2.05, 4.69) is 15.2 Å². The quantitative estimate of drug-likeness (QED) is 0.484. The summed E-state index contributed by atoms with van der Waals surface area (Å²) < 4.78 is 47.0. The van der Waals surface area contributed by atoms with Crippen molar-refractivity contribution in [2.45, 2.75) is 32.0 Å². The van der Waals surface area contributed by atoms with Crippen molar-refractivity contribution in [2.75, 3.05) is 18.6 Å². The summed E-state index contributed by atoms with van der Waals surface area (Å²) in [6.45, 7) is 0.392. The molecule has 1 aromatic heterocycles. The Kier molecular flexibility index (Phi) is 7.15. The fourth-order valence-electron chi connectivity index (χ4n) is 4.15. The number of methoxy groups -OCH3 is 1. The number of nitrogens with zero attached hydrogens (tertiary/aromatic N) is 5. The van der Waals surface area contributed by atoms with E-state index < -0.39 is 24.7 Å². The van der Waals surface area contributed by atoms with Gasteiger partial charge in [-0.05, 0) is 37.1 Å². The summed E-state index contributed by atoms with van der Waals surface area (Å²) in [6, 6.07) is 10.9. The van der Waals surface area contributed by atoms with Crippen LogP contribution < -0.4 is 15.0 Å². The van der Waals surface area contributed by atoms with Crippen LogP contribution in [0.25, 0.3) is 11.4 Å². The van der Waals surface area contributed by atoms with Crippen LogP contribution in [0.1, 0.15) is 23.4 Å². The van der Waals surface area contributed by atoms with Gasteiger partial charge in [0.1, 0.15) is 42.0 Å². The molecule has 1 atom stereocenters. The summed E-state index contributed by atoms with van der Waals surface area (Å²) in [5.41, 5.74) is 10.00. The maximum atomic E-state index is 13.3. The number of quaternary nitrogens is 1. The van der Waals surface area contributed by atoms with Gasteiger partial charge in [0, 0.05) is 17.7 Å². The second kappa shape index (κ2) is 10.3. The Labute approximate surface area is 205 Å². The van der Waals surface area contributed by atoms with Crippen LogP contribution in [0.15, 0.2) is 60.1 Å². The lowest BCUT2D eigenvalue weighted by Gasteiger charge is -2.25. The summed E-state index contributed by atoms with van der Waals surface area (Å²) in [5, 5.41) is 9.37. The number of nitrogens with one attached hydrogen (secondary N) is 1. The number of anilines is 1. The molecule has 0 bridgehead atoms. The van der Waals surface area contributed by atoms with E-state index in [4.69, 9.17) is 10.3 Å². The molecule has 9 nitrogen and oxygen atoms in total. The van der Waals surface area contributed by atoms with Gasteiger partial charge in [0.25, 0.3) is 5.91 Å². The highest BCUT2D eigenvalue weighted by Gasteiger charge is 2.39. The fraction of sp³-hybridized carbons (Fsp3) is 0.292. The number of fused-ring (bicyclic) bond motifs is 1. The van der Waals surface area contributed by atoms with Gasteiger partial charge in [0.15, 0.2) is 6.04 Å². The Balaban J connectivity index is 1.60. The lowest BCUT2D eigenvalue weighted by Crippen LogP contribution is -2.88. The molecule has 0 saturated heterocycles. The molecule has 12 heteroatoms. The van der Waals surface area contributed by atoms with Gasteiger partial charge in [-0.2, -0.15) is 23.4 Å². The zero-order valence-electron chi connectivity index (χ0n) is 19.7. The van der Waals surface area contributed by atoms with E-state index in [0.29, 0.717) is 41.2 Å². The lowest BCUT2D eigenvalue weighted by atomic mass is 10.1. The van der Waals surface area contributed by atoms with Gasteiger partial charge < -0.3 is 10.1 Å². The van der Waals surface area contributed by atoms with Crippen LogP contribution in [0.3, 0.4) is 0 Å². The van der Waals surface area contributed by atoms with Crippen molar-refractivity contribution in [1.82, 2.24) is 14.8 Å². The van der Waals surface area contributed by atoms with Crippen LogP contribution in [0, 0.1) is 12.5 Å². The fourth-order valence-corrected chi connectivity index (χ4v) is 4.15. The van der Waals surface area contributed by atoms with Gasteiger partial charge in [0.2, 0.25) is 0 Å². The zero-order chi connectivity index (χ0) is 25.9. The topological polar surface area (TPSA) is 113 Å². The number of halogens is 3. The Morgan fingerprint density at radius 1 is 1.28 bits per heavy atom. The molecular weight excluding hydrogens is 475 g/mol. The molecule has 3 aromatic rings. The van der Waals surface area contributed by atoms with E-state index in [-0.39, 0.29) is 11.4 Å². The largest absolute Gasteiger partial charge is 0.494 e. The first-order valence-corrected chi connectivity index (χ1v) is 11.2. The molecule has 4 rings (SSSR count). The summed E-state index contributed by atoms with van der Waals surface area (Å²) in [4.78, 5) is 18.1. The molecular formula is C24H25F3N7O2+. The predicted molar refractivity (Wildman–Crippen MR) is 125 cm³/mol. The minimum absolute atomic E-state index is 0.228. The predicted octanol–water partition coefficient (Wildman–Crippen LogP) is 3.39. The summed E-state index contributed by atoms with van der Waals surface area (Å²) in [6.07, 6.45) is -0.728. The maximum absolute atomic E-state index is 13.3. The van der Waals surface area contributed by atoms with E-state index >= 15 is 0 Å². The number of aromatic nitrogens is 3. The molecule has 1 aliphatic heterocycles. The smallest absolute Gasteiger partial charge is 0.406 e. The average Bonchev–Trinajstić information content (AvgIpc) is 3.24. The number of amides is 1. The molecule has 188 valence electrons. The minimum Gasteiger partial charge on any atom is -0.494 e. The monoisotopic (exact) mass is 500 g/mol. The number of hydrogen-bond donors (Lipinski definition) is 2. The third-order valence-corrected chi connectivity index (χ3v) is 5.86. The van der Waals surface area contributed by atoms with Gasteiger partial charge in [-0.25, -0.2) is 15.2 Å². The SMILES string of the molecule is COc1cc(/C(=C/[NH2+]C2CCc3ccccc3N(CC(F)(F)F)C2=O)N=N)ccc1-n1cnc(C)n1. The Morgan fingerprint density at radius 3 is 2.72 bits per heavy atom.